The van der Waals surface area contributed by atoms with E-state index in [1.807, 2.05) is 48.5 Å². The van der Waals surface area contributed by atoms with Crippen molar-refractivity contribution >= 4 is 0 Å². The van der Waals surface area contributed by atoms with Crippen LogP contribution in [0.4, 0.5) is 0 Å². The van der Waals surface area contributed by atoms with E-state index in [4.69, 9.17) is 9.47 Å². The molecule has 1 heterocycles. The molecule has 0 aliphatic carbocycles. The van der Waals surface area contributed by atoms with Crippen molar-refractivity contribution in [3.05, 3.63) is 59.7 Å². The first-order chi connectivity index (χ1) is 12.3. The van der Waals surface area contributed by atoms with Gasteiger partial charge in [-0.3, -0.25) is 4.90 Å². The van der Waals surface area contributed by atoms with Gasteiger partial charge in [-0.05, 0) is 49.2 Å². The molecular formula is C21H24N2O2. The van der Waals surface area contributed by atoms with Gasteiger partial charge in [-0.15, -0.1) is 0 Å². The van der Waals surface area contributed by atoms with E-state index < -0.39 is 0 Å². The number of piperidine rings is 1. The van der Waals surface area contributed by atoms with Gasteiger partial charge in [0.1, 0.15) is 12.6 Å². The summed E-state index contributed by atoms with van der Waals surface area (Å²) in [7, 11) is 1.64. The third-order valence-electron chi connectivity index (χ3n) is 4.62. The minimum Gasteiger partial charge on any atom is -0.493 e. The summed E-state index contributed by atoms with van der Waals surface area (Å²) < 4.78 is 11.4. The summed E-state index contributed by atoms with van der Waals surface area (Å²) in [5, 5.41) is 9.65. The Morgan fingerprint density at radius 1 is 1.04 bits per heavy atom. The molecule has 1 atom stereocenters. The van der Waals surface area contributed by atoms with Crippen LogP contribution in [0.3, 0.4) is 0 Å². The van der Waals surface area contributed by atoms with E-state index in [1.54, 1.807) is 7.11 Å². The van der Waals surface area contributed by atoms with Gasteiger partial charge >= 0.3 is 0 Å². The van der Waals surface area contributed by atoms with Crippen LogP contribution in [0.1, 0.15) is 36.4 Å². The molecule has 3 rings (SSSR count). The number of hydrogen-bond donors (Lipinski definition) is 0. The van der Waals surface area contributed by atoms with Gasteiger partial charge in [-0.2, -0.15) is 5.26 Å². The molecule has 0 aromatic heterocycles. The highest BCUT2D eigenvalue weighted by atomic mass is 16.5. The van der Waals surface area contributed by atoms with E-state index in [9.17, 15) is 5.26 Å². The lowest BCUT2D eigenvalue weighted by Gasteiger charge is -2.30. The maximum absolute atomic E-state index is 9.65. The van der Waals surface area contributed by atoms with E-state index in [0.717, 1.165) is 37.1 Å². The zero-order valence-electron chi connectivity index (χ0n) is 14.6. The van der Waals surface area contributed by atoms with Gasteiger partial charge in [-0.25, -0.2) is 0 Å². The normalized spacial score (nSPS) is 16.0. The molecule has 1 saturated heterocycles. The quantitative estimate of drug-likeness (QED) is 0.788. The minimum absolute atomic E-state index is 0.225. The van der Waals surface area contributed by atoms with Crippen molar-refractivity contribution in [2.45, 2.75) is 31.9 Å². The molecule has 1 fully saturated rings. The molecule has 0 radical (unpaired) electrons. The number of benzene rings is 2. The SMILES string of the molecule is COc1cc(C(C#N)N2CCCCC2)ccc1OCc1ccccc1. The van der Waals surface area contributed by atoms with E-state index in [0.29, 0.717) is 18.1 Å². The van der Waals surface area contributed by atoms with E-state index in [-0.39, 0.29) is 6.04 Å². The largest absolute Gasteiger partial charge is 0.493 e. The molecular weight excluding hydrogens is 312 g/mol. The molecule has 0 N–H and O–H groups in total. The first kappa shape index (κ1) is 17.3. The molecule has 130 valence electrons. The van der Waals surface area contributed by atoms with Crippen LogP contribution in [0, 0.1) is 11.3 Å². The van der Waals surface area contributed by atoms with E-state index >= 15 is 0 Å². The second kappa shape index (κ2) is 8.55. The van der Waals surface area contributed by atoms with Crippen LogP contribution in [0.5, 0.6) is 11.5 Å². The number of methoxy groups -OCH3 is 1. The van der Waals surface area contributed by atoms with Crippen LogP contribution in [0.2, 0.25) is 0 Å². The molecule has 1 aliphatic rings. The van der Waals surface area contributed by atoms with Gasteiger partial charge < -0.3 is 9.47 Å². The van der Waals surface area contributed by atoms with Crippen molar-refractivity contribution in [1.82, 2.24) is 4.90 Å². The summed E-state index contributed by atoms with van der Waals surface area (Å²) >= 11 is 0. The molecule has 2 aromatic rings. The number of nitriles is 1. The fraction of sp³-hybridized carbons (Fsp3) is 0.381. The molecule has 25 heavy (non-hydrogen) atoms. The Balaban J connectivity index is 1.75. The highest BCUT2D eigenvalue weighted by Crippen LogP contribution is 2.33. The lowest BCUT2D eigenvalue weighted by molar-refractivity contribution is 0.195. The van der Waals surface area contributed by atoms with Gasteiger partial charge in [-0.1, -0.05) is 42.8 Å². The maximum atomic E-state index is 9.65. The molecule has 0 bridgehead atoms. The van der Waals surface area contributed by atoms with E-state index in [2.05, 4.69) is 11.0 Å². The summed E-state index contributed by atoms with van der Waals surface area (Å²) in [5.74, 6) is 1.37. The van der Waals surface area contributed by atoms with Crippen molar-refractivity contribution in [2.24, 2.45) is 0 Å². The van der Waals surface area contributed by atoms with Crippen LogP contribution in [-0.4, -0.2) is 25.1 Å². The number of likely N-dealkylation sites (tertiary alicyclic amines) is 1. The van der Waals surface area contributed by atoms with Crippen LogP contribution in [-0.2, 0) is 6.61 Å². The maximum Gasteiger partial charge on any atom is 0.161 e. The number of ether oxygens (including phenoxy) is 2. The summed E-state index contributed by atoms with van der Waals surface area (Å²) in [6.07, 6.45) is 3.57. The fourth-order valence-corrected chi connectivity index (χ4v) is 3.25. The zero-order chi connectivity index (χ0) is 17.5. The van der Waals surface area contributed by atoms with Crippen LogP contribution < -0.4 is 9.47 Å². The van der Waals surface area contributed by atoms with Crippen molar-refractivity contribution in [1.29, 1.82) is 5.26 Å². The van der Waals surface area contributed by atoms with Crippen LogP contribution in [0.25, 0.3) is 0 Å². The Labute approximate surface area is 149 Å². The van der Waals surface area contributed by atoms with E-state index in [1.165, 1.54) is 6.42 Å². The fourth-order valence-electron chi connectivity index (χ4n) is 3.25. The first-order valence-electron chi connectivity index (χ1n) is 8.80. The molecule has 1 aliphatic heterocycles. The predicted octanol–water partition coefficient (Wildman–Crippen LogP) is 4.32. The Kier molecular flexibility index (Phi) is 5.92. The second-order valence-electron chi connectivity index (χ2n) is 6.31. The summed E-state index contributed by atoms with van der Waals surface area (Å²) in [4.78, 5) is 2.25. The lowest BCUT2D eigenvalue weighted by Crippen LogP contribution is -2.33. The standard InChI is InChI=1S/C21H24N2O2/c1-24-21-14-18(19(15-22)23-12-6-3-7-13-23)10-11-20(21)25-16-17-8-4-2-5-9-17/h2,4-5,8-11,14,19H,3,6-7,12-13,16H2,1H3. The average Bonchev–Trinajstić information content (AvgIpc) is 2.69. The average molecular weight is 336 g/mol. The van der Waals surface area contributed by atoms with Gasteiger partial charge in [0, 0.05) is 0 Å². The molecule has 2 aromatic carbocycles. The number of hydrogen-bond acceptors (Lipinski definition) is 4. The molecule has 0 spiro atoms. The van der Waals surface area contributed by atoms with Crippen molar-refractivity contribution < 1.29 is 9.47 Å². The van der Waals surface area contributed by atoms with Crippen molar-refractivity contribution in [3.8, 4) is 17.6 Å². The predicted molar refractivity (Wildman–Crippen MR) is 97.5 cm³/mol. The first-order valence-corrected chi connectivity index (χ1v) is 8.80. The summed E-state index contributed by atoms with van der Waals surface area (Å²) in [6, 6.07) is 18.1. The van der Waals surface area contributed by atoms with Crippen LogP contribution >= 0.6 is 0 Å². The highest BCUT2D eigenvalue weighted by Gasteiger charge is 2.23. The summed E-state index contributed by atoms with van der Waals surface area (Å²) in [6.45, 7) is 2.45. The third kappa shape index (κ3) is 4.32. The van der Waals surface area contributed by atoms with Gasteiger partial charge in [0.2, 0.25) is 0 Å². The molecule has 0 saturated carbocycles. The van der Waals surface area contributed by atoms with Crippen molar-refractivity contribution in [3.63, 3.8) is 0 Å². The van der Waals surface area contributed by atoms with Crippen LogP contribution in [0.15, 0.2) is 48.5 Å². The third-order valence-corrected chi connectivity index (χ3v) is 4.62. The number of nitrogens with zero attached hydrogens (tertiary/aromatic N) is 2. The Morgan fingerprint density at radius 2 is 1.80 bits per heavy atom. The van der Waals surface area contributed by atoms with Gasteiger partial charge in [0.15, 0.2) is 11.5 Å². The monoisotopic (exact) mass is 336 g/mol. The second-order valence-corrected chi connectivity index (χ2v) is 6.31. The molecule has 4 heteroatoms. The summed E-state index contributed by atoms with van der Waals surface area (Å²) in [5.41, 5.74) is 2.07. The van der Waals surface area contributed by atoms with Gasteiger partial charge in [0.05, 0.1) is 13.2 Å². The zero-order valence-corrected chi connectivity index (χ0v) is 14.6. The lowest BCUT2D eigenvalue weighted by atomic mass is 10.0. The Hall–Kier alpha value is -2.51. The molecule has 4 nitrogen and oxygen atoms in total. The smallest absolute Gasteiger partial charge is 0.161 e. The Morgan fingerprint density at radius 3 is 2.48 bits per heavy atom. The van der Waals surface area contributed by atoms with Crippen molar-refractivity contribution in [2.75, 3.05) is 20.2 Å². The highest BCUT2D eigenvalue weighted by molar-refractivity contribution is 5.45. The Bertz CT molecular complexity index is 718. The number of rotatable bonds is 6. The van der Waals surface area contributed by atoms with Gasteiger partial charge in [0.25, 0.3) is 0 Å². The minimum atomic E-state index is -0.225. The molecule has 0 amide bonds. The molecule has 1 unspecified atom stereocenters. The topological polar surface area (TPSA) is 45.5 Å².